The largest absolute Gasteiger partial charge is 0.508 e. The second-order valence-corrected chi connectivity index (χ2v) is 6.90. The molecule has 140 valence electrons. The molecule has 4 N–H and O–H groups in total. The fourth-order valence-electron chi connectivity index (χ4n) is 3.33. The summed E-state index contributed by atoms with van der Waals surface area (Å²) in [6.07, 6.45) is 1.75. The van der Waals surface area contributed by atoms with Crippen LogP contribution >= 0.6 is 11.6 Å². The topological polar surface area (TPSA) is 96.7 Å². The third-order valence-electron chi connectivity index (χ3n) is 4.68. The number of amidine groups is 1. The van der Waals surface area contributed by atoms with Crippen LogP contribution in [0.5, 0.6) is 5.75 Å². The number of rotatable bonds is 3. The molecule has 0 amide bonds. The first-order valence-corrected chi connectivity index (χ1v) is 8.88. The molecule has 0 aliphatic rings. The maximum Gasteiger partial charge on any atom is 0.170 e. The molecule has 28 heavy (non-hydrogen) atoms. The molecule has 0 aliphatic heterocycles. The van der Waals surface area contributed by atoms with E-state index in [2.05, 4.69) is 10.1 Å². The molecule has 0 aliphatic carbocycles. The number of benzene rings is 3. The highest BCUT2D eigenvalue weighted by atomic mass is 35.5. The molecule has 0 unspecified atom stereocenters. The minimum absolute atomic E-state index is 0.0429. The van der Waals surface area contributed by atoms with Crippen LogP contribution in [0.3, 0.4) is 0 Å². The Morgan fingerprint density at radius 3 is 2.50 bits per heavy atom. The number of oxime groups is 1. The van der Waals surface area contributed by atoms with Crippen LogP contribution in [-0.4, -0.2) is 25.7 Å². The Balaban J connectivity index is 2.05. The third-order valence-corrected chi connectivity index (χ3v) is 4.90. The van der Waals surface area contributed by atoms with Crippen LogP contribution in [0.2, 0.25) is 5.02 Å². The van der Waals surface area contributed by atoms with Gasteiger partial charge in [-0.2, -0.15) is 0 Å². The van der Waals surface area contributed by atoms with Crippen molar-refractivity contribution < 1.29 is 10.3 Å². The summed E-state index contributed by atoms with van der Waals surface area (Å²) in [5.41, 5.74) is 11.6. The average Bonchev–Trinajstić information content (AvgIpc) is 3.07. The molecular formula is C21H17ClN4O2. The fraction of sp³-hybridized carbons (Fsp3) is 0.0476. The number of nitrogens with two attached hydrogens (primary N) is 1. The molecule has 0 spiro atoms. The number of imidazole rings is 1. The average molecular weight is 393 g/mol. The minimum atomic E-state index is -0.0429. The molecule has 4 rings (SSSR count). The zero-order chi connectivity index (χ0) is 19.8. The minimum Gasteiger partial charge on any atom is -0.508 e. The molecule has 0 fully saturated rings. The second-order valence-electron chi connectivity index (χ2n) is 6.47. The van der Waals surface area contributed by atoms with Gasteiger partial charge >= 0.3 is 0 Å². The Morgan fingerprint density at radius 1 is 1.07 bits per heavy atom. The highest BCUT2D eigenvalue weighted by Crippen LogP contribution is 2.38. The van der Waals surface area contributed by atoms with Gasteiger partial charge in [-0.1, -0.05) is 35.0 Å². The van der Waals surface area contributed by atoms with Gasteiger partial charge in [-0.15, -0.1) is 0 Å². The lowest BCUT2D eigenvalue weighted by Gasteiger charge is -2.16. The first-order valence-electron chi connectivity index (χ1n) is 8.50. The zero-order valence-electron chi connectivity index (χ0n) is 15.0. The van der Waals surface area contributed by atoms with Crippen LogP contribution in [0.1, 0.15) is 5.56 Å². The van der Waals surface area contributed by atoms with E-state index in [0.29, 0.717) is 10.6 Å². The summed E-state index contributed by atoms with van der Waals surface area (Å²) < 4.78 is 1.94. The molecule has 0 saturated carbocycles. The fourth-order valence-corrected chi connectivity index (χ4v) is 3.55. The van der Waals surface area contributed by atoms with Crippen molar-refractivity contribution >= 4 is 28.5 Å². The maximum atomic E-state index is 9.64. The summed E-state index contributed by atoms with van der Waals surface area (Å²) in [5.74, 6) is 0.123. The maximum absolute atomic E-state index is 9.64. The Morgan fingerprint density at radius 2 is 1.79 bits per heavy atom. The number of fused-ring (bicyclic) bond motifs is 1. The number of aromatic hydroxyl groups is 1. The van der Waals surface area contributed by atoms with E-state index in [0.717, 1.165) is 33.3 Å². The van der Waals surface area contributed by atoms with Gasteiger partial charge in [0.2, 0.25) is 0 Å². The Hall–Kier alpha value is -3.51. The van der Waals surface area contributed by atoms with E-state index in [-0.39, 0.29) is 11.6 Å². The molecular weight excluding hydrogens is 376 g/mol. The molecule has 1 aromatic heterocycles. The SMILES string of the molecule is Cn1cnc2cc(-c3c(/C(N)=N/O)cc(Cl)cc3-c3ccc(O)cc3)ccc21. The van der Waals surface area contributed by atoms with E-state index >= 15 is 0 Å². The summed E-state index contributed by atoms with van der Waals surface area (Å²) in [7, 11) is 1.93. The molecule has 3 aromatic carbocycles. The molecule has 0 radical (unpaired) electrons. The molecule has 1 heterocycles. The summed E-state index contributed by atoms with van der Waals surface area (Å²) in [6, 6.07) is 16.2. The number of phenolic OH excluding ortho intramolecular Hbond substituents is 1. The van der Waals surface area contributed by atoms with Gasteiger partial charge in [0.05, 0.1) is 17.4 Å². The van der Waals surface area contributed by atoms with Crippen molar-refractivity contribution in [3.05, 3.63) is 71.5 Å². The summed E-state index contributed by atoms with van der Waals surface area (Å²) in [5, 5.41) is 22.6. The smallest absolute Gasteiger partial charge is 0.170 e. The van der Waals surface area contributed by atoms with Crippen molar-refractivity contribution in [1.29, 1.82) is 0 Å². The lowest BCUT2D eigenvalue weighted by Crippen LogP contribution is -2.15. The molecule has 0 atom stereocenters. The number of aryl methyl sites for hydroxylation is 1. The van der Waals surface area contributed by atoms with Crippen LogP contribution in [0.25, 0.3) is 33.3 Å². The first-order chi connectivity index (χ1) is 13.5. The van der Waals surface area contributed by atoms with Crippen LogP contribution < -0.4 is 5.73 Å². The second kappa shape index (κ2) is 6.90. The van der Waals surface area contributed by atoms with E-state index in [1.165, 1.54) is 0 Å². The van der Waals surface area contributed by atoms with Gasteiger partial charge in [-0.3, -0.25) is 0 Å². The molecule has 6 nitrogen and oxygen atoms in total. The predicted molar refractivity (Wildman–Crippen MR) is 111 cm³/mol. The number of halogens is 1. The standard InChI is InChI=1S/C21H17ClN4O2/c1-26-11-24-18-8-13(4-7-19(18)26)20-16(12-2-5-15(27)6-3-12)9-14(22)10-17(20)21(23)25-28/h2-11,27-28H,1H3,(H2,23,25). The summed E-state index contributed by atoms with van der Waals surface area (Å²) >= 11 is 6.33. The number of nitrogens with zero attached hydrogens (tertiary/aromatic N) is 3. The molecule has 7 heteroatoms. The number of aromatic nitrogens is 2. The van der Waals surface area contributed by atoms with Gasteiger partial charge in [-0.05, 0) is 53.1 Å². The highest BCUT2D eigenvalue weighted by molar-refractivity contribution is 6.31. The lowest BCUT2D eigenvalue weighted by atomic mass is 9.89. The van der Waals surface area contributed by atoms with Crippen LogP contribution in [0.15, 0.2) is 66.1 Å². The van der Waals surface area contributed by atoms with Gasteiger partial charge in [-0.25, -0.2) is 4.98 Å². The number of phenols is 1. The van der Waals surface area contributed by atoms with E-state index in [4.69, 9.17) is 17.3 Å². The van der Waals surface area contributed by atoms with Crippen molar-refractivity contribution in [1.82, 2.24) is 9.55 Å². The van der Waals surface area contributed by atoms with Crippen molar-refractivity contribution in [2.24, 2.45) is 17.9 Å². The third kappa shape index (κ3) is 3.04. The number of hydrogen-bond acceptors (Lipinski definition) is 4. The Labute approximate surface area is 166 Å². The molecule has 0 saturated heterocycles. The van der Waals surface area contributed by atoms with Crippen molar-refractivity contribution in [2.75, 3.05) is 0 Å². The van der Waals surface area contributed by atoms with E-state index in [9.17, 15) is 10.3 Å². The monoisotopic (exact) mass is 392 g/mol. The van der Waals surface area contributed by atoms with Crippen LogP contribution in [0.4, 0.5) is 0 Å². The van der Waals surface area contributed by atoms with E-state index in [1.807, 2.05) is 35.9 Å². The van der Waals surface area contributed by atoms with Gasteiger partial charge < -0.3 is 20.6 Å². The molecule has 4 aromatic rings. The van der Waals surface area contributed by atoms with Gasteiger partial charge in [0.1, 0.15) is 5.75 Å². The zero-order valence-corrected chi connectivity index (χ0v) is 15.7. The van der Waals surface area contributed by atoms with Crippen molar-refractivity contribution in [2.45, 2.75) is 0 Å². The summed E-state index contributed by atoms with van der Waals surface area (Å²) in [4.78, 5) is 4.42. The van der Waals surface area contributed by atoms with Gasteiger partial charge in [0, 0.05) is 23.2 Å². The number of hydrogen-bond donors (Lipinski definition) is 3. The van der Waals surface area contributed by atoms with E-state index in [1.54, 1.807) is 36.7 Å². The van der Waals surface area contributed by atoms with Crippen LogP contribution in [-0.2, 0) is 7.05 Å². The van der Waals surface area contributed by atoms with Crippen LogP contribution in [0, 0.1) is 0 Å². The highest BCUT2D eigenvalue weighted by Gasteiger charge is 2.18. The Kier molecular flexibility index (Phi) is 4.41. The van der Waals surface area contributed by atoms with Crippen molar-refractivity contribution in [3.8, 4) is 28.0 Å². The lowest BCUT2D eigenvalue weighted by molar-refractivity contribution is 0.318. The normalized spacial score (nSPS) is 11.9. The van der Waals surface area contributed by atoms with Gasteiger partial charge in [0.25, 0.3) is 0 Å². The predicted octanol–water partition coefficient (Wildman–Crippen LogP) is 4.36. The quantitative estimate of drug-likeness (QED) is 0.209. The first kappa shape index (κ1) is 17.9. The van der Waals surface area contributed by atoms with E-state index < -0.39 is 0 Å². The van der Waals surface area contributed by atoms with Gasteiger partial charge in [0.15, 0.2) is 5.84 Å². The summed E-state index contributed by atoms with van der Waals surface area (Å²) in [6.45, 7) is 0. The molecule has 0 bridgehead atoms. The Bertz CT molecular complexity index is 1210. The van der Waals surface area contributed by atoms with Crippen molar-refractivity contribution in [3.63, 3.8) is 0 Å².